The number of allylic oxidation sites excluding steroid dienone is 1. The van der Waals surface area contributed by atoms with Crippen LogP contribution in [0.15, 0.2) is 70.8 Å². The number of carbonyl (C=O) groups is 4. The summed E-state index contributed by atoms with van der Waals surface area (Å²) in [5, 5.41) is 24.1. The third kappa shape index (κ3) is 11.0. The molecule has 12 heteroatoms. The number of carbonyl (C=O) groups excluding carboxylic acids is 4. The summed E-state index contributed by atoms with van der Waals surface area (Å²) in [7, 11) is 1.38. The van der Waals surface area contributed by atoms with E-state index < -0.39 is 35.7 Å². The highest BCUT2D eigenvalue weighted by atomic mass is 16.5. The Balaban J connectivity index is 1.82. The quantitative estimate of drug-likeness (QED) is 0.164. The van der Waals surface area contributed by atoms with Crippen LogP contribution >= 0.6 is 0 Å². The van der Waals surface area contributed by atoms with E-state index in [-0.39, 0.29) is 36.3 Å². The van der Waals surface area contributed by atoms with Crippen molar-refractivity contribution < 1.29 is 28.4 Å². The monoisotopic (exact) mass is 628 g/mol. The van der Waals surface area contributed by atoms with Crippen molar-refractivity contribution in [3.05, 3.63) is 94.4 Å². The molecular formula is C34H40N6O6. The van der Waals surface area contributed by atoms with E-state index in [4.69, 9.17) is 9.26 Å². The number of aryl methyl sites for hydroxylation is 2. The first-order chi connectivity index (χ1) is 21.8. The fraction of sp³-hybridized carbons (Fsp3) is 0.353. The average Bonchev–Trinajstić information content (AvgIpc) is 3.44. The Labute approximate surface area is 268 Å². The molecule has 1 heterocycles. The van der Waals surface area contributed by atoms with E-state index in [0.717, 1.165) is 11.1 Å². The van der Waals surface area contributed by atoms with Gasteiger partial charge in [-0.25, -0.2) is 0 Å². The number of hydrogen-bond acceptors (Lipinski definition) is 8. The van der Waals surface area contributed by atoms with Gasteiger partial charge >= 0.3 is 0 Å². The second-order valence-corrected chi connectivity index (χ2v) is 12.0. The van der Waals surface area contributed by atoms with Crippen LogP contribution in [-0.4, -0.2) is 54.6 Å². The Kier molecular flexibility index (Phi) is 12.4. The SMILES string of the molecule is COCC(NC(=O)c1cc(C)on1)C(=O)NC(Cc1cccc(NC(=O)C(C#N)=CC(C)(C)C)c1)C(=O)NCc1ccc(C)cc1. The number of benzene rings is 2. The maximum atomic E-state index is 13.5. The summed E-state index contributed by atoms with van der Waals surface area (Å²) in [5.41, 5.74) is 2.58. The van der Waals surface area contributed by atoms with Gasteiger partial charge in [0.25, 0.3) is 11.8 Å². The van der Waals surface area contributed by atoms with Crippen LogP contribution in [0.25, 0.3) is 0 Å². The zero-order valence-electron chi connectivity index (χ0n) is 26.9. The van der Waals surface area contributed by atoms with E-state index >= 15 is 0 Å². The van der Waals surface area contributed by atoms with Crippen LogP contribution in [0.2, 0.25) is 0 Å². The van der Waals surface area contributed by atoms with E-state index in [2.05, 4.69) is 26.4 Å². The molecule has 4 N–H and O–H groups in total. The summed E-state index contributed by atoms with van der Waals surface area (Å²) < 4.78 is 10.1. The Morgan fingerprint density at radius 3 is 2.30 bits per heavy atom. The van der Waals surface area contributed by atoms with E-state index in [1.807, 2.05) is 58.0 Å². The lowest BCUT2D eigenvalue weighted by Gasteiger charge is -2.23. The first-order valence-corrected chi connectivity index (χ1v) is 14.7. The second kappa shape index (κ2) is 16.2. The first-order valence-electron chi connectivity index (χ1n) is 14.7. The molecule has 3 rings (SSSR count). The van der Waals surface area contributed by atoms with Gasteiger partial charge in [0.1, 0.15) is 29.5 Å². The topological polar surface area (TPSA) is 175 Å². The highest BCUT2D eigenvalue weighted by Gasteiger charge is 2.28. The molecule has 2 atom stereocenters. The minimum Gasteiger partial charge on any atom is -0.382 e. The number of methoxy groups -OCH3 is 1. The van der Waals surface area contributed by atoms with Crippen molar-refractivity contribution >= 4 is 29.3 Å². The number of rotatable bonds is 13. The minimum absolute atomic E-state index is 0.00504. The van der Waals surface area contributed by atoms with Crippen molar-refractivity contribution in [2.45, 2.75) is 59.7 Å². The van der Waals surface area contributed by atoms with E-state index in [0.29, 0.717) is 17.0 Å². The Morgan fingerprint density at radius 2 is 1.70 bits per heavy atom. The largest absolute Gasteiger partial charge is 0.382 e. The molecule has 4 amide bonds. The summed E-state index contributed by atoms with van der Waals surface area (Å²) >= 11 is 0. The summed E-state index contributed by atoms with van der Waals surface area (Å²) in [6, 6.07) is 15.6. The molecule has 0 saturated heterocycles. The van der Waals surface area contributed by atoms with Crippen molar-refractivity contribution in [2.75, 3.05) is 19.0 Å². The number of nitriles is 1. The Morgan fingerprint density at radius 1 is 0.978 bits per heavy atom. The fourth-order valence-electron chi connectivity index (χ4n) is 4.35. The highest BCUT2D eigenvalue weighted by Crippen LogP contribution is 2.19. The lowest BCUT2D eigenvalue weighted by atomic mass is 9.93. The van der Waals surface area contributed by atoms with Crippen LogP contribution < -0.4 is 21.3 Å². The number of nitrogens with zero attached hydrogens (tertiary/aromatic N) is 2. The predicted octanol–water partition coefficient (Wildman–Crippen LogP) is 3.51. The van der Waals surface area contributed by atoms with Crippen molar-refractivity contribution in [2.24, 2.45) is 5.41 Å². The molecule has 12 nitrogen and oxygen atoms in total. The lowest BCUT2D eigenvalue weighted by Crippen LogP contribution is -2.55. The summed E-state index contributed by atoms with van der Waals surface area (Å²) in [6.45, 7) is 9.30. The zero-order valence-corrected chi connectivity index (χ0v) is 26.9. The standard InChI is InChI=1S/C34H40N6O6/c1-21-10-12-23(13-11-21)19-36-31(42)27(38-33(44)29(20-45-6)39-32(43)28-14-22(2)46-40-28)16-24-8-7-9-26(15-24)37-30(41)25(18-35)17-34(3,4)5/h7-15,17,27,29H,16,19-20H2,1-6H3,(H,36,42)(H,37,41)(H,38,44)(H,39,43). The maximum Gasteiger partial charge on any atom is 0.274 e. The van der Waals surface area contributed by atoms with Gasteiger partial charge in [-0.15, -0.1) is 0 Å². The third-order valence-corrected chi connectivity index (χ3v) is 6.60. The molecule has 46 heavy (non-hydrogen) atoms. The number of ether oxygens (including phenoxy) is 1. The maximum absolute atomic E-state index is 13.5. The number of nitrogens with one attached hydrogen (secondary N) is 4. The lowest BCUT2D eigenvalue weighted by molar-refractivity contribution is -0.130. The van der Waals surface area contributed by atoms with Crippen molar-refractivity contribution in [3.8, 4) is 6.07 Å². The van der Waals surface area contributed by atoms with Crippen LogP contribution in [0.1, 0.15) is 53.7 Å². The van der Waals surface area contributed by atoms with Crippen molar-refractivity contribution in [1.29, 1.82) is 5.26 Å². The van der Waals surface area contributed by atoms with E-state index in [1.54, 1.807) is 37.3 Å². The molecule has 2 aromatic carbocycles. The van der Waals surface area contributed by atoms with Gasteiger partial charge in [-0.05, 0) is 42.5 Å². The minimum atomic E-state index is -1.15. The fourth-order valence-corrected chi connectivity index (χ4v) is 4.35. The molecule has 0 spiro atoms. The molecule has 1 aromatic heterocycles. The van der Waals surface area contributed by atoms with Crippen LogP contribution in [0.5, 0.6) is 0 Å². The number of anilines is 1. The normalized spacial score (nSPS) is 12.8. The van der Waals surface area contributed by atoms with Crippen LogP contribution in [0.4, 0.5) is 5.69 Å². The predicted molar refractivity (Wildman–Crippen MR) is 171 cm³/mol. The van der Waals surface area contributed by atoms with Gasteiger partial charge in [-0.3, -0.25) is 19.2 Å². The molecule has 0 aliphatic carbocycles. The summed E-state index contributed by atoms with van der Waals surface area (Å²) in [6.07, 6.45) is 1.64. The zero-order chi connectivity index (χ0) is 33.9. The van der Waals surface area contributed by atoms with Gasteiger partial charge in [-0.1, -0.05) is 74.0 Å². The van der Waals surface area contributed by atoms with Gasteiger partial charge in [0.2, 0.25) is 11.8 Å². The molecule has 3 aromatic rings. The molecule has 242 valence electrons. The average molecular weight is 629 g/mol. The number of aromatic nitrogens is 1. The Hall–Kier alpha value is -5.28. The third-order valence-electron chi connectivity index (χ3n) is 6.60. The van der Waals surface area contributed by atoms with Gasteiger partial charge in [0, 0.05) is 31.8 Å². The van der Waals surface area contributed by atoms with Crippen molar-refractivity contribution in [1.82, 2.24) is 21.1 Å². The van der Waals surface area contributed by atoms with Gasteiger partial charge in [-0.2, -0.15) is 5.26 Å². The summed E-state index contributed by atoms with van der Waals surface area (Å²) in [4.78, 5) is 52.4. The highest BCUT2D eigenvalue weighted by molar-refractivity contribution is 6.06. The van der Waals surface area contributed by atoms with E-state index in [1.165, 1.54) is 13.2 Å². The molecule has 0 radical (unpaired) electrons. The molecule has 0 aliphatic heterocycles. The summed E-state index contributed by atoms with van der Waals surface area (Å²) in [5.74, 6) is -1.89. The van der Waals surface area contributed by atoms with Gasteiger partial charge in [0.15, 0.2) is 5.69 Å². The number of hydrogen-bond donors (Lipinski definition) is 4. The molecule has 0 fully saturated rings. The molecule has 0 bridgehead atoms. The first kappa shape index (κ1) is 35.2. The second-order valence-electron chi connectivity index (χ2n) is 12.0. The number of amides is 4. The van der Waals surface area contributed by atoms with Gasteiger partial charge in [0.05, 0.1) is 6.61 Å². The Bertz CT molecular complexity index is 1610. The van der Waals surface area contributed by atoms with Crippen LogP contribution in [-0.2, 0) is 32.1 Å². The van der Waals surface area contributed by atoms with Gasteiger partial charge < -0.3 is 30.5 Å². The van der Waals surface area contributed by atoms with E-state index in [9.17, 15) is 24.4 Å². The van der Waals surface area contributed by atoms with Crippen LogP contribution in [0, 0.1) is 30.6 Å². The van der Waals surface area contributed by atoms with Crippen LogP contribution in [0.3, 0.4) is 0 Å². The smallest absolute Gasteiger partial charge is 0.274 e. The van der Waals surface area contributed by atoms with Crippen molar-refractivity contribution in [3.63, 3.8) is 0 Å². The molecule has 2 unspecified atom stereocenters. The molecular weight excluding hydrogens is 588 g/mol. The molecule has 0 saturated carbocycles. The molecule has 0 aliphatic rings.